The van der Waals surface area contributed by atoms with Crippen LogP contribution >= 0.6 is 0 Å². The molecule has 0 spiro atoms. The van der Waals surface area contributed by atoms with E-state index in [4.69, 9.17) is 0 Å². The molecular weight excluding hydrogens is 517 g/mol. The van der Waals surface area contributed by atoms with Crippen LogP contribution in [-0.2, 0) is 11.2 Å². The second-order valence-electron chi connectivity index (χ2n) is 13.0. The number of pyridine rings is 1. The van der Waals surface area contributed by atoms with Crippen LogP contribution in [0.25, 0.3) is 16.6 Å². The van der Waals surface area contributed by atoms with Crippen molar-refractivity contribution < 1.29 is 14.0 Å². The first kappa shape index (κ1) is 26.6. The van der Waals surface area contributed by atoms with Gasteiger partial charge in [0, 0.05) is 63.5 Å². The van der Waals surface area contributed by atoms with Crippen LogP contribution in [0.2, 0.25) is 0 Å². The summed E-state index contributed by atoms with van der Waals surface area (Å²) in [5.74, 6) is 1.60. The predicted octanol–water partition coefficient (Wildman–Crippen LogP) is 4.83. The van der Waals surface area contributed by atoms with Crippen molar-refractivity contribution in [3.05, 3.63) is 59.3 Å². The molecular formula is C33H40FN5O2. The molecule has 2 unspecified atom stereocenters. The molecule has 4 fully saturated rings. The summed E-state index contributed by atoms with van der Waals surface area (Å²) in [7, 11) is 0. The van der Waals surface area contributed by atoms with Crippen molar-refractivity contribution >= 4 is 22.7 Å². The Kier molecular flexibility index (Phi) is 6.84. The first-order chi connectivity index (χ1) is 19.9. The lowest BCUT2D eigenvalue weighted by molar-refractivity contribution is -0.130. The van der Waals surface area contributed by atoms with E-state index >= 15 is 0 Å². The molecule has 3 atom stereocenters. The van der Waals surface area contributed by atoms with Crippen LogP contribution in [0.15, 0.2) is 36.8 Å². The Morgan fingerprint density at radius 3 is 2.56 bits per heavy atom. The predicted molar refractivity (Wildman–Crippen MR) is 157 cm³/mol. The number of aromatic nitrogens is 2. The number of piperidine rings is 2. The van der Waals surface area contributed by atoms with E-state index < -0.39 is 0 Å². The summed E-state index contributed by atoms with van der Waals surface area (Å²) in [6.07, 6.45) is 12.4. The van der Waals surface area contributed by atoms with Crippen LogP contribution in [0, 0.1) is 30.5 Å². The molecule has 3 aromatic rings. The first-order valence-electron chi connectivity index (χ1n) is 15.4. The van der Waals surface area contributed by atoms with Crippen molar-refractivity contribution in [3.8, 4) is 5.69 Å². The maximum absolute atomic E-state index is 14.5. The second-order valence-corrected chi connectivity index (χ2v) is 13.0. The van der Waals surface area contributed by atoms with Gasteiger partial charge in [-0.15, -0.1) is 0 Å². The molecule has 7 rings (SSSR count). The van der Waals surface area contributed by atoms with Gasteiger partial charge in [-0.25, -0.2) is 4.39 Å². The summed E-state index contributed by atoms with van der Waals surface area (Å²) in [5, 5.41) is 1.20. The van der Waals surface area contributed by atoms with E-state index in [1.165, 1.54) is 29.5 Å². The van der Waals surface area contributed by atoms with Crippen molar-refractivity contribution in [2.45, 2.75) is 58.4 Å². The van der Waals surface area contributed by atoms with Gasteiger partial charge in [-0.2, -0.15) is 0 Å². The number of hydrogen-bond donors (Lipinski definition) is 0. The fraction of sp³-hybridized carbons (Fsp3) is 0.545. The number of fused-ring (bicyclic) bond motifs is 2. The number of benzene rings is 1. The van der Waals surface area contributed by atoms with Crippen molar-refractivity contribution in [2.24, 2.45) is 17.8 Å². The minimum absolute atomic E-state index is 0.0610. The van der Waals surface area contributed by atoms with Crippen LogP contribution in [0.5, 0.6) is 0 Å². The van der Waals surface area contributed by atoms with E-state index in [0.29, 0.717) is 29.4 Å². The summed E-state index contributed by atoms with van der Waals surface area (Å²) in [6, 6.07) is 4.95. The number of likely N-dealkylation sites (tertiary alicyclic amines) is 3. The molecule has 0 N–H and O–H groups in total. The molecule has 7 nitrogen and oxygen atoms in total. The molecule has 0 bridgehead atoms. The van der Waals surface area contributed by atoms with Crippen molar-refractivity contribution in [1.29, 1.82) is 0 Å². The Bertz CT molecular complexity index is 1490. The highest BCUT2D eigenvalue weighted by molar-refractivity contribution is 5.99. The molecule has 1 aliphatic carbocycles. The van der Waals surface area contributed by atoms with Crippen LogP contribution in [0.4, 0.5) is 4.39 Å². The third kappa shape index (κ3) is 5.05. The summed E-state index contributed by atoms with van der Waals surface area (Å²) in [5.41, 5.74) is 4.53. The summed E-state index contributed by atoms with van der Waals surface area (Å²) in [6.45, 7) is 9.62. The molecule has 1 aromatic carbocycles. The van der Waals surface area contributed by atoms with Gasteiger partial charge in [0.2, 0.25) is 5.91 Å². The molecule has 4 aliphatic rings. The quantitative estimate of drug-likeness (QED) is 0.436. The molecule has 3 saturated heterocycles. The molecule has 2 aromatic heterocycles. The van der Waals surface area contributed by atoms with Crippen molar-refractivity contribution in [1.82, 2.24) is 24.3 Å². The number of amides is 2. The van der Waals surface area contributed by atoms with Crippen LogP contribution in [-0.4, -0.2) is 81.4 Å². The fourth-order valence-corrected chi connectivity index (χ4v) is 7.84. The van der Waals surface area contributed by atoms with E-state index in [1.807, 2.05) is 22.2 Å². The van der Waals surface area contributed by atoms with E-state index in [1.54, 1.807) is 13.0 Å². The van der Waals surface area contributed by atoms with E-state index in [0.717, 1.165) is 88.1 Å². The SMILES string of the molecule is CC(=O)N1CCC(CN2CC[C@@H](Cc3cn(-c4ccc(F)cc4C(=O)N4CCC5CC54)c4cncc(C)c34)C2)CC1. The Morgan fingerprint density at radius 1 is 1.02 bits per heavy atom. The summed E-state index contributed by atoms with van der Waals surface area (Å²) < 4.78 is 16.6. The van der Waals surface area contributed by atoms with Gasteiger partial charge in [0.1, 0.15) is 5.82 Å². The van der Waals surface area contributed by atoms with Crippen molar-refractivity contribution in [3.63, 3.8) is 0 Å². The van der Waals surface area contributed by atoms with Crippen molar-refractivity contribution in [2.75, 3.05) is 39.3 Å². The number of rotatable bonds is 6. The number of nitrogens with zero attached hydrogens (tertiary/aromatic N) is 5. The maximum Gasteiger partial charge on any atom is 0.256 e. The van der Waals surface area contributed by atoms with Gasteiger partial charge < -0.3 is 19.3 Å². The lowest BCUT2D eigenvalue weighted by Crippen LogP contribution is -2.40. The standard InChI is InChI=1S/C33H40FN5O2/c1-21-16-35-17-31-32(21)26(13-24-5-9-36(19-24)18-23-6-10-37(11-7-23)22(2)40)20-39(31)29-4-3-27(34)15-28(29)33(41)38-12-8-25-14-30(25)38/h3-4,15-17,20,23-25,30H,5-14,18-19H2,1-2H3/t24-,25?,30?/m0/s1. The third-order valence-corrected chi connectivity index (χ3v) is 10.2. The molecule has 1 saturated carbocycles. The highest BCUT2D eigenvalue weighted by atomic mass is 19.1. The number of aryl methyl sites for hydroxylation is 1. The van der Waals surface area contributed by atoms with Crippen LogP contribution in [0.3, 0.4) is 0 Å². The minimum atomic E-state index is -0.382. The molecule has 216 valence electrons. The van der Waals surface area contributed by atoms with E-state index in [9.17, 15) is 14.0 Å². The van der Waals surface area contributed by atoms with Gasteiger partial charge in [-0.1, -0.05) is 0 Å². The molecule has 2 amide bonds. The lowest BCUT2D eigenvalue weighted by atomic mass is 9.96. The van der Waals surface area contributed by atoms with Gasteiger partial charge in [-0.3, -0.25) is 14.6 Å². The Labute approximate surface area is 241 Å². The fourth-order valence-electron chi connectivity index (χ4n) is 7.84. The molecule has 41 heavy (non-hydrogen) atoms. The average molecular weight is 558 g/mol. The average Bonchev–Trinajstić information content (AvgIpc) is 3.25. The number of carbonyl (C=O) groups excluding carboxylic acids is 2. The van der Waals surface area contributed by atoms with E-state index in [2.05, 4.69) is 27.6 Å². The Morgan fingerprint density at radius 2 is 1.83 bits per heavy atom. The number of hydrogen-bond acceptors (Lipinski definition) is 4. The zero-order chi connectivity index (χ0) is 28.2. The Hall–Kier alpha value is -3.26. The van der Waals surface area contributed by atoms with Gasteiger partial charge >= 0.3 is 0 Å². The zero-order valence-corrected chi connectivity index (χ0v) is 24.2. The maximum atomic E-state index is 14.5. The summed E-state index contributed by atoms with van der Waals surface area (Å²) in [4.78, 5) is 36.4. The highest BCUT2D eigenvalue weighted by Crippen LogP contribution is 2.45. The number of carbonyl (C=O) groups is 2. The smallest absolute Gasteiger partial charge is 0.256 e. The molecule has 0 radical (unpaired) electrons. The zero-order valence-electron chi connectivity index (χ0n) is 24.2. The normalized spacial score (nSPS) is 24.8. The summed E-state index contributed by atoms with van der Waals surface area (Å²) >= 11 is 0. The van der Waals surface area contributed by atoms with Gasteiger partial charge in [-0.05, 0) is 99.1 Å². The monoisotopic (exact) mass is 557 g/mol. The van der Waals surface area contributed by atoms with Gasteiger partial charge in [0.15, 0.2) is 0 Å². The topological polar surface area (TPSA) is 61.7 Å². The number of halogens is 1. The van der Waals surface area contributed by atoms with E-state index in [-0.39, 0.29) is 17.6 Å². The molecule has 5 heterocycles. The van der Waals surface area contributed by atoms with Crippen LogP contribution in [0.1, 0.15) is 60.5 Å². The third-order valence-electron chi connectivity index (χ3n) is 10.2. The molecule has 3 aliphatic heterocycles. The Balaban J connectivity index is 1.12. The highest BCUT2D eigenvalue weighted by Gasteiger charge is 2.49. The lowest BCUT2D eigenvalue weighted by Gasteiger charge is -2.33. The largest absolute Gasteiger partial charge is 0.343 e. The van der Waals surface area contributed by atoms with Gasteiger partial charge in [0.05, 0.1) is 23.0 Å². The first-order valence-corrected chi connectivity index (χ1v) is 15.4. The van der Waals surface area contributed by atoms with Gasteiger partial charge in [0.25, 0.3) is 5.91 Å². The second kappa shape index (κ2) is 10.5. The van der Waals surface area contributed by atoms with Crippen LogP contribution < -0.4 is 0 Å². The minimum Gasteiger partial charge on any atom is -0.343 e. The molecule has 8 heteroatoms.